The number of aliphatic imine (C=N–C) groups is 1. The van der Waals surface area contributed by atoms with Gasteiger partial charge in [-0.05, 0) is 44.0 Å². The Labute approximate surface area is 185 Å². The average molecular weight is 521 g/mol. The predicted molar refractivity (Wildman–Crippen MR) is 124 cm³/mol. The van der Waals surface area contributed by atoms with Crippen molar-refractivity contribution in [2.45, 2.75) is 55.6 Å². The third-order valence-electron chi connectivity index (χ3n) is 5.59. The van der Waals surface area contributed by atoms with Crippen LogP contribution in [0.4, 0.5) is 0 Å². The van der Waals surface area contributed by atoms with E-state index in [2.05, 4.69) is 25.2 Å². The second-order valence-corrected chi connectivity index (χ2v) is 9.23. The van der Waals surface area contributed by atoms with Crippen LogP contribution in [0.5, 0.6) is 0 Å². The number of hydrogen-bond acceptors (Lipinski definition) is 4. The van der Waals surface area contributed by atoms with Gasteiger partial charge < -0.3 is 10.6 Å². The van der Waals surface area contributed by atoms with Crippen molar-refractivity contribution in [3.8, 4) is 0 Å². The van der Waals surface area contributed by atoms with Crippen LogP contribution in [0.2, 0.25) is 0 Å². The number of benzene rings is 1. The van der Waals surface area contributed by atoms with Gasteiger partial charge in [-0.15, -0.1) is 24.0 Å². The van der Waals surface area contributed by atoms with Crippen molar-refractivity contribution in [2.24, 2.45) is 4.99 Å². The SMILES string of the molecule is CN=C(NCc1ccc(S(=O)(=O)NC)cc1)NC1CCN(C2CCCC2)C1.I. The molecule has 1 aliphatic carbocycles. The fourth-order valence-electron chi connectivity index (χ4n) is 3.98. The number of guanidine groups is 1. The molecule has 1 heterocycles. The quantitative estimate of drug-likeness (QED) is 0.303. The van der Waals surface area contributed by atoms with Gasteiger partial charge in [0.25, 0.3) is 0 Å². The van der Waals surface area contributed by atoms with Crippen molar-refractivity contribution >= 4 is 40.0 Å². The minimum absolute atomic E-state index is 0. The highest BCUT2D eigenvalue weighted by atomic mass is 127. The van der Waals surface area contributed by atoms with Crippen molar-refractivity contribution in [1.82, 2.24) is 20.3 Å². The Hall–Kier alpha value is -0.910. The Balaban J connectivity index is 0.00000280. The van der Waals surface area contributed by atoms with E-state index in [-0.39, 0.29) is 28.9 Å². The van der Waals surface area contributed by atoms with E-state index >= 15 is 0 Å². The highest BCUT2D eigenvalue weighted by Crippen LogP contribution is 2.26. The first-order chi connectivity index (χ1) is 13.0. The van der Waals surface area contributed by atoms with Gasteiger partial charge >= 0.3 is 0 Å². The van der Waals surface area contributed by atoms with Gasteiger partial charge in [0.05, 0.1) is 4.90 Å². The lowest BCUT2D eigenvalue weighted by atomic mass is 10.2. The van der Waals surface area contributed by atoms with Gasteiger partial charge in [0.15, 0.2) is 5.96 Å². The van der Waals surface area contributed by atoms with Gasteiger partial charge in [-0.3, -0.25) is 9.89 Å². The first-order valence-corrected chi connectivity index (χ1v) is 11.2. The second kappa shape index (κ2) is 10.7. The molecule has 0 spiro atoms. The molecule has 0 aromatic heterocycles. The molecule has 9 heteroatoms. The predicted octanol–water partition coefficient (Wildman–Crippen LogP) is 1.89. The second-order valence-electron chi connectivity index (χ2n) is 7.34. The number of likely N-dealkylation sites (tertiary alicyclic amines) is 1. The summed E-state index contributed by atoms with van der Waals surface area (Å²) in [4.78, 5) is 7.23. The Morgan fingerprint density at radius 3 is 2.46 bits per heavy atom. The zero-order valence-corrected chi connectivity index (χ0v) is 19.8. The summed E-state index contributed by atoms with van der Waals surface area (Å²) in [6.45, 7) is 2.85. The number of rotatable bonds is 6. The molecule has 1 saturated carbocycles. The molecule has 1 saturated heterocycles. The minimum Gasteiger partial charge on any atom is -0.352 e. The molecule has 1 atom stereocenters. The molecular formula is C19H32IN5O2S. The van der Waals surface area contributed by atoms with Crippen molar-refractivity contribution in [1.29, 1.82) is 0 Å². The van der Waals surface area contributed by atoms with Gasteiger partial charge in [0, 0.05) is 38.8 Å². The van der Waals surface area contributed by atoms with E-state index in [4.69, 9.17) is 0 Å². The summed E-state index contributed by atoms with van der Waals surface area (Å²) in [5.74, 6) is 0.792. The normalized spacial score (nSPS) is 21.5. The number of halogens is 1. The van der Waals surface area contributed by atoms with E-state index < -0.39 is 10.0 Å². The molecule has 0 bridgehead atoms. The van der Waals surface area contributed by atoms with Crippen molar-refractivity contribution < 1.29 is 8.42 Å². The van der Waals surface area contributed by atoms with E-state index in [9.17, 15) is 8.42 Å². The van der Waals surface area contributed by atoms with Gasteiger partial charge in [-0.25, -0.2) is 13.1 Å². The van der Waals surface area contributed by atoms with Crippen LogP contribution in [0.3, 0.4) is 0 Å². The molecule has 0 amide bonds. The van der Waals surface area contributed by atoms with E-state index in [1.165, 1.54) is 39.3 Å². The van der Waals surface area contributed by atoms with Crippen molar-refractivity contribution in [3.63, 3.8) is 0 Å². The van der Waals surface area contributed by atoms with Crippen LogP contribution in [0, 0.1) is 0 Å². The van der Waals surface area contributed by atoms with Gasteiger partial charge in [-0.1, -0.05) is 25.0 Å². The lowest BCUT2D eigenvalue weighted by Crippen LogP contribution is -2.45. The van der Waals surface area contributed by atoms with Crippen LogP contribution in [-0.2, 0) is 16.6 Å². The lowest BCUT2D eigenvalue weighted by Gasteiger charge is -2.24. The van der Waals surface area contributed by atoms with Gasteiger partial charge in [0.1, 0.15) is 0 Å². The van der Waals surface area contributed by atoms with Crippen LogP contribution >= 0.6 is 24.0 Å². The van der Waals surface area contributed by atoms with Crippen LogP contribution in [-0.4, -0.2) is 58.5 Å². The third-order valence-corrected chi connectivity index (χ3v) is 7.02. The number of nitrogens with zero attached hydrogens (tertiary/aromatic N) is 2. The van der Waals surface area contributed by atoms with E-state index in [1.807, 2.05) is 12.1 Å². The maximum Gasteiger partial charge on any atom is 0.240 e. The smallest absolute Gasteiger partial charge is 0.240 e. The maximum absolute atomic E-state index is 11.8. The molecule has 1 unspecified atom stereocenters. The highest BCUT2D eigenvalue weighted by Gasteiger charge is 2.30. The molecule has 1 aromatic rings. The summed E-state index contributed by atoms with van der Waals surface area (Å²) >= 11 is 0. The number of hydrogen-bond donors (Lipinski definition) is 3. The number of sulfonamides is 1. The summed E-state index contributed by atoms with van der Waals surface area (Å²) in [6, 6.07) is 8.09. The zero-order chi connectivity index (χ0) is 19.3. The van der Waals surface area contributed by atoms with Crippen LogP contribution in [0.1, 0.15) is 37.7 Å². The first kappa shape index (κ1) is 23.4. The molecule has 3 rings (SSSR count). The topological polar surface area (TPSA) is 85.8 Å². The third kappa shape index (κ3) is 6.04. The summed E-state index contributed by atoms with van der Waals surface area (Å²) in [5, 5.41) is 6.85. The fraction of sp³-hybridized carbons (Fsp3) is 0.632. The molecule has 1 aliphatic heterocycles. The fourth-order valence-corrected chi connectivity index (χ4v) is 4.71. The summed E-state index contributed by atoms with van der Waals surface area (Å²) < 4.78 is 25.9. The Bertz CT molecular complexity index is 748. The molecule has 28 heavy (non-hydrogen) atoms. The summed E-state index contributed by atoms with van der Waals surface area (Å²) in [6.07, 6.45) is 6.58. The molecule has 158 valence electrons. The molecule has 7 nitrogen and oxygen atoms in total. The van der Waals surface area contributed by atoms with Crippen LogP contribution in [0.25, 0.3) is 0 Å². The lowest BCUT2D eigenvalue weighted by molar-refractivity contribution is 0.242. The van der Waals surface area contributed by atoms with Crippen molar-refractivity contribution in [2.75, 3.05) is 27.2 Å². The van der Waals surface area contributed by atoms with E-state index in [1.54, 1.807) is 19.2 Å². The Morgan fingerprint density at radius 1 is 1.18 bits per heavy atom. The van der Waals surface area contributed by atoms with E-state index in [0.717, 1.165) is 30.5 Å². The average Bonchev–Trinajstić information content (AvgIpc) is 3.37. The van der Waals surface area contributed by atoms with Gasteiger partial charge in [0.2, 0.25) is 10.0 Å². The monoisotopic (exact) mass is 521 g/mol. The minimum atomic E-state index is -3.39. The van der Waals surface area contributed by atoms with Crippen molar-refractivity contribution in [3.05, 3.63) is 29.8 Å². The van der Waals surface area contributed by atoms with E-state index in [0.29, 0.717) is 12.6 Å². The highest BCUT2D eigenvalue weighted by molar-refractivity contribution is 14.0. The molecule has 3 N–H and O–H groups in total. The van der Waals surface area contributed by atoms with Crippen LogP contribution in [0.15, 0.2) is 34.2 Å². The largest absolute Gasteiger partial charge is 0.352 e. The molecule has 2 aliphatic rings. The summed E-state index contributed by atoms with van der Waals surface area (Å²) in [5.41, 5.74) is 1.01. The van der Waals surface area contributed by atoms with Crippen LogP contribution < -0.4 is 15.4 Å². The Morgan fingerprint density at radius 2 is 1.86 bits per heavy atom. The first-order valence-electron chi connectivity index (χ1n) is 9.75. The van der Waals surface area contributed by atoms with Gasteiger partial charge in [-0.2, -0.15) is 0 Å². The molecule has 1 aromatic carbocycles. The summed E-state index contributed by atoms with van der Waals surface area (Å²) in [7, 11) is -0.197. The standard InChI is InChI=1S/C19H31N5O2S.HI/c1-20-19(23-16-11-12-24(14-16)17-5-3-4-6-17)22-13-15-7-9-18(10-8-15)27(25,26)21-2;/h7-10,16-17,21H,3-6,11-14H2,1-2H3,(H2,20,22,23);1H. The number of nitrogens with one attached hydrogen (secondary N) is 3. The maximum atomic E-state index is 11.8. The Kier molecular flexibility index (Phi) is 8.97. The molecule has 2 fully saturated rings. The zero-order valence-electron chi connectivity index (χ0n) is 16.6. The molecule has 0 radical (unpaired) electrons. The molecular weight excluding hydrogens is 489 g/mol.